The predicted octanol–water partition coefficient (Wildman–Crippen LogP) is -0.981. The van der Waals surface area contributed by atoms with Crippen LogP contribution in [0.5, 0.6) is 0 Å². The van der Waals surface area contributed by atoms with Gasteiger partial charge in [-0.25, -0.2) is 0 Å². The van der Waals surface area contributed by atoms with Crippen molar-refractivity contribution in [3.05, 3.63) is 0 Å². The standard InChI is InChI=1S/C15H24N4O2/c1-4-8-16-13(20)6-5-11-10-17-15(21)14-12(19(11)3)7-9-18(14)2/h1,11-12,14H,5-10H2,2-3H3,(H,16,20)(H,17,21)/t11-,12+,14-/m0/s1. The molecule has 0 radical (unpaired) electrons. The fraction of sp³-hybridized carbons (Fsp3) is 0.733. The third-order valence-electron chi connectivity index (χ3n) is 4.59. The molecule has 6 heteroatoms. The molecule has 0 aromatic rings. The average Bonchev–Trinajstić information content (AvgIpc) is 2.80. The molecule has 6 nitrogen and oxygen atoms in total. The summed E-state index contributed by atoms with van der Waals surface area (Å²) in [5, 5.41) is 5.68. The number of likely N-dealkylation sites (N-methyl/N-ethyl adjacent to an activating group) is 2. The third-order valence-corrected chi connectivity index (χ3v) is 4.59. The summed E-state index contributed by atoms with van der Waals surface area (Å²) < 4.78 is 0. The van der Waals surface area contributed by atoms with Crippen LogP contribution in [0.3, 0.4) is 0 Å². The van der Waals surface area contributed by atoms with E-state index in [1.807, 2.05) is 7.05 Å². The monoisotopic (exact) mass is 292 g/mol. The lowest BCUT2D eigenvalue weighted by Gasteiger charge is -2.32. The molecule has 2 N–H and O–H groups in total. The van der Waals surface area contributed by atoms with Crippen molar-refractivity contribution in [3.63, 3.8) is 0 Å². The Labute approximate surface area is 126 Å². The summed E-state index contributed by atoms with van der Waals surface area (Å²) in [6.45, 7) is 1.80. The summed E-state index contributed by atoms with van der Waals surface area (Å²) in [5.74, 6) is 2.46. The molecule has 116 valence electrons. The van der Waals surface area contributed by atoms with Gasteiger partial charge in [-0.15, -0.1) is 6.42 Å². The van der Waals surface area contributed by atoms with Crippen molar-refractivity contribution in [2.24, 2.45) is 0 Å². The highest BCUT2D eigenvalue weighted by atomic mass is 16.2. The molecule has 0 bridgehead atoms. The van der Waals surface area contributed by atoms with Crippen LogP contribution in [0.15, 0.2) is 0 Å². The van der Waals surface area contributed by atoms with E-state index in [1.54, 1.807) is 0 Å². The Morgan fingerprint density at radius 1 is 1.52 bits per heavy atom. The van der Waals surface area contributed by atoms with E-state index < -0.39 is 0 Å². The van der Waals surface area contributed by atoms with E-state index in [-0.39, 0.29) is 36.5 Å². The number of terminal acetylenes is 1. The molecule has 2 aliphatic rings. The van der Waals surface area contributed by atoms with Crippen LogP contribution in [0.1, 0.15) is 19.3 Å². The summed E-state index contributed by atoms with van der Waals surface area (Å²) >= 11 is 0. The molecule has 0 aromatic heterocycles. The number of amides is 2. The minimum Gasteiger partial charge on any atom is -0.353 e. The zero-order chi connectivity index (χ0) is 15.4. The third kappa shape index (κ3) is 3.55. The van der Waals surface area contributed by atoms with Gasteiger partial charge in [0.25, 0.3) is 0 Å². The zero-order valence-corrected chi connectivity index (χ0v) is 12.8. The summed E-state index contributed by atoms with van der Waals surface area (Å²) in [6, 6.07) is 0.346. The molecule has 2 saturated heterocycles. The van der Waals surface area contributed by atoms with Crippen molar-refractivity contribution in [2.75, 3.05) is 33.7 Å². The Bertz CT molecular complexity index is 445. The smallest absolute Gasteiger partial charge is 0.239 e. The van der Waals surface area contributed by atoms with Crippen molar-refractivity contribution < 1.29 is 9.59 Å². The van der Waals surface area contributed by atoms with Gasteiger partial charge in [-0.05, 0) is 26.9 Å². The zero-order valence-electron chi connectivity index (χ0n) is 12.8. The molecule has 0 spiro atoms. The van der Waals surface area contributed by atoms with Gasteiger partial charge < -0.3 is 10.6 Å². The number of rotatable bonds is 4. The van der Waals surface area contributed by atoms with Gasteiger partial charge in [0.1, 0.15) is 6.04 Å². The van der Waals surface area contributed by atoms with Gasteiger partial charge in [0.2, 0.25) is 11.8 Å². The molecule has 21 heavy (non-hydrogen) atoms. The van der Waals surface area contributed by atoms with Crippen molar-refractivity contribution in [1.29, 1.82) is 0 Å². The first-order chi connectivity index (χ1) is 10.0. The van der Waals surface area contributed by atoms with Gasteiger partial charge in [0.15, 0.2) is 0 Å². The molecule has 2 heterocycles. The topological polar surface area (TPSA) is 64.7 Å². The maximum atomic E-state index is 12.2. The lowest BCUT2D eigenvalue weighted by atomic mass is 10.0. The second-order valence-corrected chi connectivity index (χ2v) is 5.87. The molecule has 2 amide bonds. The van der Waals surface area contributed by atoms with Gasteiger partial charge in [0.05, 0.1) is 6.54 Å². The summed E-state index contributed by atoms with van der Waals surface area (Å²) in [4.78, 5) is 28.2. The lowest BCUT2D eigenvalue weighted by molar-refractivity contribution is -0.125. The first kappa shape index (κ1) is 15.8. The van der Waals surface area contributed by atoms with Gasteiger partial charge in [-0.3, -0.25) is 19.4 Å². The number of fused-ring (bicyclic) bond motifs is 1. The second-order valence-electron chi connectivity index (χ2n) is 5.87. The highest BCUT2D eigenvalue weighted by Gasteiger charge is 2.43. The maximum absolute atomic E-state index is 12.2. The van der Waals surface area contributed by atoms with Gasteiger partial charge in [-0.2, -0.15) is 0 Å². The van der Waals surface area contributed by atoms with Crippen molar-refractivity contribution in [2.45, 2.75) is 37.4 Å². The van der Waals surface area contributed by atoms with E-state index in [2.05, 4.69) is 33.4 Å². The van der Waals surface area contributed by atoms with Crippen LogP contribution in [0, 0.1) is 12.3 Å². The molecule has 0 aromatic carbocycles. The predicted molar refractivity (Wildman–Crippen MR) is 80.5 cm³/mol. The first-order valence-electron chi connectivity index (χ1n) is 7.44. The number of hydrogen-bond donors (Lipinski definition) is 2. The molecular weight excluding hydrogens is 268 g/mol. The molecule has 3 atom stereocenters. The van der Waals surface area contributed by atoms with Crippen molar-refractivity contribution in [3.8, 4) is 12.3 Å². The number of nitrogens with zero attached hydrogens (tertiary/aromatic N) is 2. The fourth-order valence-electron chi connectivity index (χ4n) is 3.31. The molecular formula is C15H24N4O2. The van der Waals surface area contributed by atoms with Gasteiger partial charge in [0, 0.05) is 31.6 Å². The minimum absolute atomic E-state index is 0.0305. The van der Waals surface area contributed by atoms with Crippen LogP contribution < -0.4 is 10.6 Å². The summed E-state index contributed by atoms with van der Waals surface area (Å²) in [6.07, 6.45) is 7.26. The maximum Gasteiger partial charge on any atom is 0.239 e. The van der Waals surface area contributed by atoms with Crippen LogP contribution in [-0.4, -0.2) is 73.5 Å². The molecule has 2 fully saturated rings. The fourth-order valence-corrected chi connectivity index (χ4v) is 3.31. The van der Waals surface area contributed by atoms with Gasteiger partial charge in [-0.1, -0.05) is 5.92 Å². The van der Waals surface area contributed by atoms with Crippen LogP contribution in [-0.2, 0) is 9.59 Å². The van der Waals surface area contributed by atoms with E-state index in [0.29, 0.717) is 13.0 Å². The van der Waals surface area contributed by atoms with Crippen LogP contribution in [0.4, 0.5) is 0 Å². The second kappa shape index (κ2) is 6.92. The minimum atomic E-state index is -0.0738. The van der Waals surface area contributed by atoms with E-state index in [9.17, 15) is 9.59 Å². The molecule has 0 saturated carbocycles. The van der Waals surface area contributed by atoms with E-state index in [0.717, 1.165) is 19.4 Å². The number of carbonyl (C=O) groups is 2. The Kier molecular flexibility index (Phi) is 5.21. The van der Waals surface area contributed by atoms with Crippen molar-refractivity contribution in [1.82, 2.24) is 20.4 Å². The number of hydrogen-bond acceptors (Lipinski definition) is 4. The molecule has 0 aliphatic carbocycles. The van der Waals surface area contributed by atoms with Crippen molar-refractivity contribution >= 4 is 11.8 Å². The average molecular weight is 292 g/mol. The normalized spacial score (nSPS) is 30.1. The molecule has 2 rings (SSSR count). The summed E-state index contributed by atoms with van der Waals surface area (Å²) in [7, 11) is 4.05. The Morgan fingerprint density at radius 3 is 3.00 bits per heavy atom. The first-order valence-corrected chi connectivity index (χ1v) is 7.44. The summed E-state index contributed by atoms with van der Waals surface area (Å²) in [5.41, 5.74) is 0. The SMILES string of the molecule is C#CCNC(=O)CC[C@H]1CNC(=O)[C@@H]2[C@@H](CCN2C)N1C. The van der Waals surface area contributed by atoms with E-state index in [4.69, 9.17) is 6.42 Å². The van der Waals surface area contributed by atoms with E-state index in [1.165, 1.54) is 0 Å². The highest BCUT2D eigenvalue weighted by Crippen LogP contribution is 2.25. The van der Waals surface area contributed by atoms with E-state index >= 15 is 0 Å². The largest absolute Gasteiger partial charge is 0.353 e. The Morgan fingerprint density at radius 2 is 2.29 bits per heavy atom. The molecule has 2 aliphatic heterocycles. The van der Waals surface area contributed by atoms with Crippen LogP contribution in [0.2, 0.25) is 0 Å². The number of nitrogens with one attached hydrogen (secondary N) is 2. The number of carbonyl (C=O) groups excluding carboxylic acids is 2. The van der Waals surface area contributed by atoms with Crippen LogP contribution in [0.25, 0.3) is 0 Å². The number of likely N-dealkylation sites (tertiary alicyclic amines) is 1. The van der Waals surface area contributed by atoms with Crippen LogP contribution >= 0.6 is 0 Å². The quantitative estimate of drug-likeness (QED) is 0.654. The van der Waals surface area contributed by atoms with Gasteiger partial charge >= 0.3 is 0 Å². The Balaban J connectivity index is 1.94. The Hall–Kier alpha value is -1.58. The lowest BCUT2D eigenvalue weighted by Crippen LogP contribution is -2.48. The molecule has 0 unspecified atom stereocenters. The highest BCUT2D eigenvalue weighted by molar-refractivity contribution is 5.83.